The van der Waals surface area contributed by atoms with E-state index in [0.29, 0.717) is 0 Å². The molecule has 0 amide bonds. The Bertz CT molecular complexity index is 434. The number of hydrogen-bond donors (Lipinski definition) is 1. The number of benzene rings is 1. The van der Waals surface area contributed by atoms with Gasteiger partial charge in [0.25, 0.3) is 0 Å². The molecule has 0 unspecified atom stereocenters. The number of morpholine rings is 1. The van der Waals surface area contributed by atoms with Gasteiger partial charge >= 0.3 is 0 Å². The Morgan fingerprint density at radius 1 is 1.35 bits per heavy atom. The molecule has 1 aromatic carbocycles. The number of aryl methyl sites for hydroxylation is 1. The van der Waals surface area contributed by atoms with Crippen LogP contribution in [0.3, 0.4) is 0 Å². The number of nitrogens with one attached hydrogen (secondary N) is 1. The Morgan fingerprint density at radius 2 is 2.10 bits per heavy atom. The molecule has 0 spiro atoms. The topological polar surface area (TPSA) is 33.7 Å². The first-order valence-corrected chi connectivity index (χ1v) is 7.86. The molecule has 0 saturated carbocycles. The van der Waals surface area contributed by atoms with Crippen molar-refractivity contribution >= 4 is 15.9 Å². The van der Waals surface area contributed by atoms with E-state index in [1.54, 1.807) is 0 Å². The summed E-state index contributed by atoms with van der Waals surface area (Å²) in [5.41, 5.74) is 2.37. The largest absolute Gasteiger partial charge is 0.492 e. The molecule has 5 heteroatoms. The van der Waals surface area contributed by atoms with Gasteiger partial charge < -0.3 is 14.8 Å². The number of hydrogen-bond acceptors (Lipinski definition) is 4. The lowest BCUT2D eigenvalue weighted by atomic mass is 10.1. The molecule has 0 radical (unpaired) electrons. The van der Waals surface area contributed by atoms with Gasteiger partial charge in [0.15, 0.2) is 0 Å². The second kappa shape index (κ2) is 7.98. The highest BCUT2D eigenvalue weighted by Crippen LogP contribution is 2.28. The lowest BCUT2D eigenvalue weighted by Gasteiger charge is -2.26. The molecule has 112 valence electrons. The molecule has 1 aliphatic rings. The summed E-state index contributed by atoms with van der Waals surface area (Å²) in [6, 6.07) is 4.22. The first-order chi connectivity index (χ1) is 9.70. The van der Waals surface area contributed by atoms with Gasteiger partial charge in [0, 0.05) is 36.2 Å². The SMILES string of the molecule is CNCc1cc(Br)cc(C)c1OCCN1CCOCC1. The van der Waals surface area contributed by atoms with Crippen LogP contribution in [0.5, 0.6) is 5.75 Å². The van der Waals surface area contributed by atoms with Crippen molar-refractivity contribution in [2.75, 3.05) is 46.5 Å². The minimum Gasteiger partial charge on any atom is -0.492 e. The molecule has 4 nitrogen and oxygen atoms in total. The van der Waals surface area contributed by atoms with E-state index < -0.39 is 0 Å². The van der Waals surface area contributed by atoms with Gasteiger partial charge in [0.2, 0.25) is 0 Å². The summed E-state index contributed by atoms with van der Waals surface area (Å²) in [7, 11) is 1.95. The lowest BCUT2D eigenvalue weighted by Crippen LogP contribution is -2.38. The molecule has 1 saturated heterocycles. The summed E-state index contributed by atoms with van der Waals surface area (Å²) >= 11 is 3.54. The molecular weight excluding hydrogens is 320 g/mol. The van der Waals surface area contributed by atoms with Crippen LogP contribution in [0, 0.1) is 6.92 Å². The molecular formula is C15H23BrN2O2. The number of halogens is 1. The van der Waals surface area contributed by atoms with Gasteiger partial charge in [0.1, 0.15) is 12.4 Å². The van der Waals surface area contributed by atoms with E-state index in [0.717, 1.165) is 56.2 Å². The van der Waals surface area contributed by atoms with E-state index in [4.69, 9.17) is 9.47 Å². The third-order valence-electron chi connectivity index (χ3n) is 3.44. The van der Waals surface area contributed by atoms with E-state index in [1.807, 2.05) is 7.05 Å². The molecule has 0 bridgehead atoms. The van der Waals surface area contributed by atoms with Crippen molar-refractivity contribution in [2.45, 2.75) is 13.5 Å². The number of nitrogens with zero attached hydrogens (tertiary/aromatic N) is 1. The lowest BCUT2D eigenvalue weighted by molar-refractivity contribution is 0.0321. The molecule has 1 aliphatic heterocycles. The zero-order valence-corrected chi connectivity index (χ0v) is 13.8. The van der Waals surface area contributed by atoms with Gasteiger partial charge in [-0.2, -0.15) is 0 Å². The molecule has 2 rings (SSSR count). The van der Waals surface area contributed by atoms with Crippen molar-refractivity contribution in [3.8, 4) is 5.75 Å². The van der Waals surface area contributed by atoms with E-state index in [-0.39, 0.29) is 0 Å². The summed E-state index contributed by atoms with van der Waals surface area (Å²) in [4.78, 5) is 2.38. The van der Waals surface area contributed by atoms with Crippen LogP contribution in [-0.4, -0.2) is 51.4 Å². The van der Waals surface area contributed by atoms with Crippen molar-refractivity contribution < 1.29 is 9.47 Å². The highest BCUT2D eigenvalue weighted by atomic mass is 79.9. The Kier molecular flexibility index (Phi) is 6.29. The van der Waals surface area contributed by atoms with Gasteiger partial charge in [-0.25, -0.2) is 0 Å². The van der Waals surface area contributed by atoms with Crippen LogP contribution < -0.4 is 10.1 Å². The molecule has 1 heterocycles. The van der Waals surface area contributed by atoms with Gasteiger partial charge in [-0.3, -0.25) is 4.90 Å². The average Bonchev–Trinajstić information content (AvgIpc) is 2.43. The molecule has 0 aliphatic carbocycles. The summed E-state index contributed by atoms with van der Waals surface area (Å²) in [6.45, 7) is 8.26. The normalized spacial score (nSPS) is 16.4. The minimum absolute atomic E-state index is 0.721. The fraction of sp³-hybridized carbons (Fsp3) is 0.600. The predicted molar refractivity (Wildman–Crippen MR) is 84.4 cm³/mol. The molecule has 1 N–H and O–H groups in total. The fourth-order valence-electron chi connectivity index (χ4n) is 2.43. The molecule has 1 fully saturated rings. The number of rotatable bonds is 6. The molecule has 20 heavy (non-hydrogen) atoms. The summed E-state index contributed by atoms with van der Waals surface area (Å²) < 4.78 is 12.5. The third-order valence-corrected chi connectivity index (χ3v) is 3.90. The zero-order chi connectivity index (χ0) is 14.4. The van der Waals surface area contributed by atoms with E-state index >= 15 is 0 Å². The van der Waals surface area contributed by atoms with Gasteiger partial charge in [0.05, 0.1) is 13.2 Å². The maximum atomic E-state index is 6.03. The second-order valence-corrected chi connectivity index (χ2v) is 5.96. The summed E-state index contributed by atoms with van der Waals surface area (Å²) in [5.74, 6) is 1.01. The van der Waals surface area contributed by atoms with Crippen LogP contribution in [0.15, 0.2) is 16.6 Å². The Morgan fingerprint density at radius 3 is 2.80 bits per heavy atom. The third kappa shape index (κ3) is 4.45. The van der Waals surface area contributed by atoms with E-state index in [9.17, 15) is 0 Å². The van der Waals surface area contributed by atoms with Gasteiger partial charge in [-0.1, -0.05) is 15.9 Å². The van der Waals surface area contributed by atoms with Gasteiger partial charge in [-0.05, 0) is 31.7 Å². The van der Waals surface area contributed by atoms with Crippen molar-refractivity contribution in [3.05, 3.63) is 27.7 Å². The first kappa shape index (κ1) is 15.8. The van der Waals surface area contributed by atoms with Crippen molar-refractivity contribution in [1.82, 2.24) is 10.2 Å². The maximum Gasteiger partial charge on any atom is 0.126 e. The Hall–Kier alpha value is -0.620. The predicted octanol–water partition coefficient (Wildman–Crippen LogP) is 2.19. The standard InChI is InChI=1S/C15H23BrN2O2/c1-12-9-14(16)10-13(11-17-2)15(12)20-8-5-18-3-6-19-7-4-18/h9-10,17H,3-8,11H2,1-2H3. The first-order valence-electron chi connectivity index (χ1n) is 7.07. The van der Waals surface area contributed by atoms with Crippen LogP contribution in [0.4, 0.5) is 0 Å². The molecule has 0 aromatic heterocycles. The number of ether oxygens (including phenoxy) is 2. The second-order valence-electron chi connectivity index (χ2n) is 5.04. The maximum absolute atomic E-state index is 6.03. The van der Waals surface area contributed by atoms with Crippen LogP contribution >= 0.6 is 15.9 Å². The van der Waals surface area contributed by atoms with Gasteiger partial charge in [-0.15, -0.1) is 0 Å². The molecule has 0 atom stereocenters. The highest BCUT2D eigenvalue weighted by Gasteiger charge is 2.12. The van der Waals surface area contributed by atoms with Crippen LogP contribution in [0.2, 0.25) is 0 Å². The monoisotopic (exact) mass is 342 g/mol. The van der Waals surface area contributed by atoms with Crippen LogP contribution in [0.25, 0.3) is 0 Å². The fourth-order valence-corrected chi connectivity index (χ4v) is 3.05. The molecule has 1 aromatic rings. The Balaban J connectivity index is 1.93. The smallest absolute Gasteiger partial charge is 0.126 e. The average molecular weight is 343 g/mol. The quantitative estimate of drug-likeness (QED) is 0.859. The van der Waals surface area contributed by atoms with E-state index in [1.165, 1.54) is 11.1 Å². The van der Waals surface area contributed by atoms with Crippen molar-refractivity contribution in [1.29, 1.82) is 0 Å². The van der Waals surface area contributed by atoms with E-state index in [2.05, 4.69) is 45.2 Å². The summed E-state index contributed by atoms with van der Waals surface area (Å²) in [6.07, 6.45) is 0. The van der Waals surface area contributed by atoms with Crippen LogP contribution in [-0.2, 0) is 11.3 Å². The van der Waals surface area contributed by atoms with Crippen molar-refractivity contribution in [2.24, 2.45) is 0 Å². The minimum atomic E-state index is 0.721. The van der Waals surface area contributed by atoms with Crippen molar-refractivity contribution in [3.63, 3.8) is 0 Å². The zero-order valence-electron chi connectivity index (χ0n) is 12.2. The van der Waals surface area contributed by atoms with Crippen LogP contribution in [0.1, 0.15) is 11.1 Å². The summed E-state index contributed by atoms with van der Waals surface area (Å²) in [5, 5.41) is 3.19. The Labute approximate surface area is 129 Å². The highest BCUT2D eigenvalue weighted by molar-refractivity contribution is 9.10.